The standard InChI is InChI=1S/C15H22F2N2O/c1-4-19(5-2)14(20)12(3)18-11-15(16,17)13-9-7-6-8-10-13/h6-10,12,18H,4-5,11H2,1-3H3. The Hall–Kier alpha value is -1.49. The van der Waals surface area contributed by atoms with Gasteiger partial charge in [-0.25, -0.2) is 0 Å². The van der Waals surface area contributed by atoms with E-state index in [0.717, 1.165) is 0 Å². The van der Waals surface area contributed by atoms with Gasteiger partial charge in [0, 0.05) is 18.7 Å². The van der Waals surface area contributed by atoms with Gasteiger partial charge < -0.3 is 10.2 Å². The van der Waals surface area contributed by atoms with Crippen molar-refractivity contribution in [1.82, 2.24) is 10.2 Å². The van der Waals surface area contributed by atoms with Crippen LogP contribution in [-0.4, -0.2) is 36.5 Å². The summed E-state index contributed by atoms with van der Waals surface area (Å²) in [6, 6.07) is 7.00. The number of halogens is 2. The Kier molecular flexibility index (Phi) is 6.07. The van der Waals surface area contributed by atoms with E-state index in [-0.39, 0.29) is 11.5 Å². The van der Waals surface area contributed by atoms with E-state index < -0.39 is 18.5 Å². The zero-order valence-corrected chi connectivity index (χ0v) is 12.2. The van der Waals surface area contributed by atoms with E-state index in [2.05, 4.69) is 5.32 Å². The highest BCUT2D eigenvalue weighted by atomic mass is 19.3. The number of alkyl halides is 2. The van der Waals surface area contributed by atoms with Crippen LogP contribution in [0.4, 0.5) is 8.78 Å². The quantitative estimate of drug-likeness (QED) is 0.835. The third-order valence-corrected chi connectivity index (χ3v) is 3.27. The number of rotatable bonds is 7. The first-order chi connectivity index (χ1) is 9.42. The Morgan fingerprint density at radius 3 is 2.30 bits per heavy atom. The maximum atomic E-state index is 14.0. The minimum Gasteiger partial charge on any atom is -0.342 e. The molecule has 0 radical (unpaired) electrons. The van der Waals surface area contributed by atoms with Crippen LogP contribution < -0.4 is 5.32 Å². The summed E-state index contributed by atoms with van der Waals surface area (Å²) in [4.78, 5) is 13.6. The first kappa shape index (κ1) is 16.6. The van der Waals surface area contributed by atoms with Crippen molar-refractivity contribution in [2.24, 2.45) is 0 Å². The zero-order valence-electron chi connectivity index (χ0n) is 12.2. The number of hydrogen-bond donors (Lipinski definition) is 1. The molecule has 1 aromatic carbocycles. The van der Waals surface area contributed by atoms with Crippen LogP contribution in [0.1, 0.15) is 26.3 Å². The summed E-state index contributed by atoms with van der Waals surface area (Å²) in [5, 5.41) is 2.63. The van der Waals surface area contributed by atoms with Crippen molar-refractivity contribution in [3.05, 3.63) is 35.9 Å². The topological polar surface area (TPSA) is 32.3 Å². The van der Waals surface area contributed by atoms with Gasteiger partial charge in [0.05, 0.1) is 12.6 Å². The predicted octanol–water partition coefficient (Wildman–Crippen LogP) is 2.62. The lowest BCUT2D eigenvalue weighted by Gasteiger charge is -2.25. The number of likely N-dealkylation sites (N-methyl/N-ethyl adjacent to an activating group) is 1. The lowest BCUT2D eigenvalue weighted by molar-refractivity contribution is -0.133. The summed E-state index contributed by atoms with van der Waals surface area (Å²) in [5.41, 5.74) is -0.0463. The maximum absolute atomic E-state index is 14.0. The molecule has 3 nitrogen and oxygen atoms in total. The summed E-state index contributed by atoms with van der Waals surface area (Å²) in [5.74, 6) is -3.14. The van der Waals surface area contributed by atoms with Gasteiger partial charge in [-0.3, -0.25) is 4.79 Å². The second kappa shape index (κ2) is 7.33. The Balaban J connectivity index is 2.60. The number of nitrogens with zero attached hydrogens (tertiary/aromatic N) is 1. The van der Waals surface area contributed by atoms with E-state index in [9.17, 15) is 13.6 Å². The van der Waals surface area contributed by atoms with Crippen molar-refractivity contribution in [3.63, 3.8) is 0 Å². The average molecular weight is 284 g/mol. The monoisotopic (exact) mass is 284 g/mol. The molecule has 0 saturated carbocycles. The SMILES string of the molecule is CCN(CC)C(=O)C(C)NCC(F)(F)c1ccccc1. The molecule has 112 valence electrons. The fourth-order valence-corrected chi connectivity index (χ4v) is 1.96. The molecular formula is C15H22F2N2O. The Labute approximate surface area is 119 Å². The van der Waals surface area contributed by atoms with Crippen molar-refractivity contribution in [2.75, 3.05) is 19.6 Å². The summed E-state index contributed by atoms with van der Waals surface area (Å²) in [6.45, 7) is 5.96. The second-order valence-corrected chi connectivity index (χ2v) is 4.68. The van der Waals surface area contributed by atoms with Crippen molar-refractivity contribution in [2.45, 2.75) is 32.7 Å². The third kappa shape index (κ3) is 4.27. The van der Waals surface area contributed by atoms with E-state index in [1.807, 2.05) is 13.8 Å². The Morgan fingerprint density at radius 1 is 1.25 bits per heavy atom. The molecule has 0 aliphatic rings. The van der Waals surface area contributed by atoms with Gasteiger partial charge in [0.2, 0.25) is 5.91 Å². The van der Waals surface area contributed by atoms with Crippen LogP contribution in [0.25, 0.3) is 0 Å². The van der Waals surface area contributed by atoms with Crippen LogP contribution in [0.5, 0.6) is 0 Å². The van der Waals surface area contributed by atoms with E-state index >= 15 is 0 Å². The van der Waals surface area contributed by atoms with Crippen LogP contribution in [0.2, 0.25) is 0 Å². The van der Waals surface area contributed by atoms with Crippen molar-refractivity contribution in [3.8, 4) is 0 Å². The molecule has 0 aliphatic heterocycles. The highest BCUT2D eigenvalue weighted by Crippen LogP contribution is 2.26. The summed E-state index contributed by atoms with van der Waals surface area (Å²) >= 11 is 0. The van der Waals surface area contributed by atoms with Gasteiger partial charge in [-0.05, 0) is 20.8 Å². The van der Waals surface area contributed by atoms with Crippen LogP contribution in [-0.2, 0) is 10.7 Å². The first-order valence-electron chi connectivity index (χ1n) is 6.87. The van der Waals surface area contributed by atoms with Gasteiger partial charge in [-0.1, -0.05) is 30.3 Å². The summed E-state index contributed by atoms with van der Waals surface area (Å²) in [6.07, 6.45) is 0. The molecular weight excluding hydrogens is 262 g/mol. The fourth-order valence-electron chi connectivity index (χ4n) is 1.96. The highest BCUT2D eigenvalue weighted by molar-refractivity contribution is 5.81. The number of hydrogen-bond acceptors (Lipinski definition) is 2. The van der Waals surface area contributed by atoms with Gasteiger partial charge in [-0.15, -0.1) is 0 Å². The van der Waals surface area contributed by atoms with Crippen molar-refractivity contribution < 1.29 is 13.6 Å². The first-order valence-corrected chi connectivity index (χ1v) is 6.87. The molecule has 0 aliphatic carbocycles. The largest absolute Gasteiger partial charge is 0.342 e. The third-order valence-electron chi connectivity index (χ3n) is 3.27. The number of amides is 1. The van der Waals surface area contributed by atoms with E-state index in [1.54, 1.807) is 30.0 Å². The fraction of sp³-hybridized carbons (Fsp3) is 0.533. The molecule has 0 heterocycles. The number of carbonyl (C=O) groups is 1. The molecule has 0 bridgehead atoms. The normalized spacial score (nSPS) is 13.1. The van der Waals surface area contributed by atoms with E-state index in [0.29, 0.717) is 13.1 Å². The van der Waals surface area contributed by atoms with Gasteiger partial charge >= 0.3 is 0 Å². The van der Waals surface area contributed by atoms with Gasteiger partial charge in [0.1, 0.15) is 0 Å². The summed E-state index contributed by atoms with van der Waals surface area (Å²) < 4.78 is 27.9. The van der Waals surface area contributed by atoms with E-state index in [1.165, 1.54) is 12.1 Å². The lowest BCUT2D eigenvalue weighted by Crippen LogP contribution is -2.47. The van der Waals surface area contributed by atoms with Crippen LogP contribution in [0.15, 0.2) is 30.3 Å². The minimum absolute atomic E-state index is 0.0463. The van der Waals surface area contributed by atoms with Crippen molar-refractivity contribution in [1.29, 1.82) is 0 Å². The van der Waals surface area contributed by atoms with Crippen molar-refractivity contribution >= 4 is 5.91 Å². The molecule has 0 aromatic heterocycles. The van der Waals surface area contributed by atoms with Crippen LogP contribution in [0, 0.1) is 0 Å². The highest BCUT2D eigenvalue weighted by Gasteiger charge is 2.32. The van der Waals surface area contributed by atoms with Crippen LogP contribution in [0.3, 0.4) is 0 Å². The van der Waals surface area contributed by atoms with Gasteiger partial charge in [0.25, 0.3) is 5.92 Å². The minimum atomic E-state index is -2.99. The molecule has 0 saturated heterocycles. The maximum Gasteiger partial charge on any atom is 0.285 e. The molecule has 1 N–H and O–H groups in total. The van der Waals surface area contributed by atoms with E-state index in [4.69, 9.17) is 0 Å². The molecule has 1 atom stereocenters. The molecule has 0 spiro atoms. The molecule has 1 rings (SSSR count). The molecule has 1 amide bonds. The predicted molar refractivity (Wildman–Crippen MR) is 75.7 cm³/mol. The molecule has 5 heteroatoms. The number of nitrogens with one attached hydrogen (secondary N) is 1. The molecule has 1 aromatic rings. The molecule has 20 heavy (non-hydrogen) atoms. The summed E-state index contributed by atoms with van der Waals surface area (Å²) in [7, 11) is 0. The Bertz CT molecular complexity index is 419. The zero-order chi connectivity index (χ0) is 15.2. The Morgan fingerprint density at radius 2 is 1.80 bits per heavy atom. The van der Waals surface area contributed by atoms with Gasteiger partial charge in [0.15, 0.2) is 0 Å². The second-order valence-electron chi connectivity index (χ2n) is 4.68. The average Bonchev–Trinajstić information content (AvgIpc) is 2.47. The van der Waals surface area contributed by atoms with Crippen LogP contribution >= 0.6 is 0 Å². The van der Waals surface area contributed by atoms with Gasteiger partial charge in [-0.2, -0.15) is 8.78 Å². The smallest absolute Gasteiger partial charge is 0.285 e. The number of carbonyl (C=O) groups excluding carboxylic acids is 1. The molecule has 1 unspecified atom stereocenters. The lowest BCUT2D eigenvalue weighted by atomic mass is 10.1. The molecule has 0 fully saturated rings. The number of benzene rings is 1.